The number of amides is 1. The van der Waals surface area contributed by atoms with E-state index in [1.165, 1.54) is 5.06 Å². The van der Waals surface area contributed by atoms with Gasteiger partial charge in [0.05, 0.1) is 32.4 Å². The summed E-state index contributed by atoms with van der Waals surface area (Å²) in [6.07, 6.45) is -6.36. The first-order valence-electron chi connectivity index (χ1n) is 17.4. The molecule has 1 saturated carbocycles. The molecule has 12 atom stereocenters. The lowest BCUT2D eigenvalue weighted by molar-refractivity contribution is -0.298. The maximum atomic E-state index is 14.3. The molecule has 17 heteroatoms. The van der Waals surface area contributed by atoms with Crippen molar-refractivity contribution in [2.45, 2.75) is 119 Å². The van der Waals surface area contributed by atoms with Crippen LogP contribution in [0.3, 0.4) is 0 Å². The van der Waals surface area contributed by atoms with Gasteiger partial charge in [-0.1, -0.05) is 36.4 Å². The van der Waals surface area contributed by atoms with Crippen LogP contribution < -0.4 is 5.32 Å². The molecule has 288 valence electrons. The number of aliphatic hydroxyl groups excluding tert-OH is 5. The number of ether oxygens (including phenoxy) is 6. The number of esters is 2. The second kappa shape index (κ2) is 15.7. The second-order valence-corrected chi connectivity index (χ2v) is 14.8. The van der Waals surface area contributed by atoms with E-state index in [1.54, 1.807) is 39.0 Å². The zero-order chi connectivity index (χ0) is 37.4. The van der Waals surface area contributed by atoms with Gasteiger partial charge in [0.15, 0.2) is 12.3 Å². The van der Waals surface area contributed by atoms with E-state index >= 15 is 0 Å². The van der Waals surface area contributed by atoms with E-state index in [-0.39, 0.29) is 39.2 Å². The standard InChI is InChI=1S/C35H48N2O15/c1-34(2,3)51-23(40)10-9-20(15-38)36-33(45)35-13-21-27-28(48-17-47-27)30(35)52-37(29(35)31(44)49-21)14-19-7-4-6-18(12-19)8-5-11-46-32-26(43)25(42)24(41)22(16-39)50-32/h4-8,12,20-22,24-30,32,38-39,41-43H,9-11,13-17H2,1-3H3,(H,36,45). The number of nitrogens with one attached hydrogen (secondary N) is 1. The number of nitrogens with zero attached hydrogens (tertiary/aromatic N) is 1. The summed E-state index contributed by atoms with van der Waals surface area (Å²) < 4.78 is 33.8. The highest BCUT2D eigenvalue weighted by Crippen LogP contribution is 2.55. The predicted molar refractivity (Wildman–Crippen MR) is 175 cm³/mol. The Hall–Kier alpha value is -3.07. The molecule has 1 aliphatic carbocycles. The van der Waals surface area contributed by atoms with E-state index in [2.05, 4.69) is 5.32 Å². The number of aliphatic hydroxyl groups is 5. The average Bonchev–Trinajstić information content (AvgIpc) is 3.72. The van der Waals surface area contributed by atoms with Crippen molar-refractivity contribution in [1.29, 1.82) is 0 Å². The lowest BCUT2D eigenvalue weighted by Gasteiger charge is -2.49. The summed E-state index contributed by atoms with van der Waals surface area (Å²) in [5.41, 5.74) is -0.664. The first-order valence-corrected chi connectivity index (χ1v) is 17.4. The van der Waals surface area contributed by atoms with Crippen LogP contribution in [0.2, 0.25) is 0 Å². The molecule has 2 bridgehead atoms. The maximum absolute atomic E-state index is 14.3. The fraction of sp³-hybridized carbons (Fsp3) is 0.686. The normalized spacial score (nSPS) is 36.3. The van der Waals surface area contributed by atoms with E-state index in [0.717, 1.165) is 11.1 Å². The molecule has 4 saturated heterocycles. The Kier molecular flexibility index (Phi) is 11.7. The van der Waals surface area contributed by atoms with Gasteiger partial charge in [0.1, 0.15) is 66.6 Å². The molecule has 1 amide bonds. The largest absolute Gasteiger partial charge is 0.460 e. The summed E-state index contributed by atoms with van der Waals surface area (Å²) in [5.74, 6) is -1.65. The Bertz CT molecular complexity index is 1480. The Morgan fingerprint density at radius 3 is 2.62 bits per heavy atom. The minimum Gasteiger partial charge on any atom is -0.460 e. The number of hydrogen-bond acceptors (Lipinski definition) is 16. The SMILES string of the molecule is CC(C)(C)OC(=O)CCC(CO)NC(=O)C12CC3OC(=O)C1N(Cc1cccc(C=CCOC4OC(CO)C(O)C(O)C4O)c1)OC2C1OCOC31. The fourth-order valence-electron chi connectivity index (χ4n) is 7.56. The first kappa shape index (κ1) is 38.6. The van der Waals surface area contributed by atoms with Crippen LogP contribution in [0.15, 0.2) is 30.3 Å². The third-order valence-corrected chi connectivity index (χ3v) is 9.97. The van der Waals surface area contributed by atoms with Crippen LogP contribution in [-0.2, 0) is 54.2 Å². The number of hydrogen-bond donors (Lipinski definition) is 6. The second-order valence-electron chi connectivity index (χ2n) is 14.8. The Morgan fingerprint density at radius 1 is 1.12 bits per heavy atom. The van der Waals surface area contributed by atoms with Gasteiger partial charge in [-0.2, -0.15) is 5.06 Å². The summed E-state index contributed by atoms with van der Waals surface area (Å²) >= 11 is 0. The molecule has 1 aromatic carbocycles. The first-order chi connectivity index (χ1) is 24.7. The number of fused-ring (bicyclic) bond motifs is 4. The van der Waals surface area contributed by atoms with Gasteiger partial charge in [0.2, 0.25) is 5.91 Å². The molecule has 52 heavy (non-hydrogen) atoms. The molecule has 6 rings (SSSR count). The molecular formula is C35H48N2O15. The van der Waals surface area contributed by atoms with E-state index in [0.29, 0.717) is 0 Å². The smallest absolute Gasteiger partial charge is 0.327 e. The number of carbonyl (C=O) groups is 3. The highest BCUT2D eigenvalue weighted by Gasteiger charge is 2.74. The molecular weight excluding hydrogens is 688 g/mol. The van der Waals surface area contributed by atoms with Gasteiger partial charge < -0.3 is 59.3 Å². The van der Waals surface area contributed by atoms with Crippen molar-refractivity contribution < 1.29 is 73.2 Å². The van der Waals surface area contributed by atoms with Crippen LogP contribution in [0.4, 0.5) is 0 Å². The molecule has 5 aliphatic rings. The topological polar surface area (TPSA) is 232 Å². The lowest BCUT2D eigenvalue weighted by Crippen LogP contribution is -2.70. The zero-order valence-electron chi connectivity index (χ0n) is 29.2. The van der Waals surface area contributed by atoms with Crippen molar-refractivity contribution in [2.24, 2.45) is 5.41 Å². The van der Waals surface area contributed by atoms with Gasteiger partial charge in [-0.05, 0) is 38.3 Å². The van der Waals surface area contributed by atoms with Crippen molar-refractivity contribution >= 4 is 23.9 Å². The van der Waals surface area contributed by atoms with Crippen molar-refractivity contribution in [1.82, 2.24) is 10.4 Å². The van der Waals surface area contributed by atoms with Crippen molar-refractivity contribution in [3.8, 4) is 0 Å². The van der Waals surface area contributed by atoms with E-state index < -0.39 is 109 Å². The molecule has 1 aromatic rings. The Labute approximate surface area is 300 Å². The number of carbonyl (C=O) groups excluding carboxylic acids is 3. The van der Waals surface area contributed by atoms with Crippen LogP contribution in [-0.4, -0.2) is 148 Å². The maximum Gasteiger partial charge on any atom is 0.327 e. The molecule has 0 radical (unpaired) electrons. The molecule has 12 unspecified atom stereocenters. The van der Waals surface area contributed by atoms with Gasteiger partial charge in [-0.15, -0.1) is 0 Å². The van der Waals surface area contributed by atoms with Crippen LogP contribution in [0.5, 0.6) is 0 Å². The molecule has 4 aliphatic heterocycles. The number of rotatable bonds is 13. The molecule has 0 aromatic heterocycles. The Morgan fingerprint density at radius 2 is 1.88 bits per heavy atom. The minimum atomic E-state index is -1.55. The van der Waals surface area contributed by atoms with Gasteiger partial charge in [0, 0.05) is 12.8 Å². The Balaban J connectivity index is 1.15. The highest BCUT2D eigenvalue weighted by atomic mass is 16.8. The van der Waals surface area contributed by atoms with Crippen LogP contribution in [0.1, 0.15) is 51.2 Å². The summed E-state index contributed by atoms with van der Waals surface area (Å²) in [7, 11) is 0. The van der Waals surface area contributed by atoms with E-state index in [1.807, 2.05) is 18.2 Å². The minimum absolute atomic E-state index is 0.0339. The summed E-state index contributed by atoms with van der Waals surface area (Å²) in [4.78, 5) is 46.8. The quantitative estimate of drug-likeness (QED) is 0.129. The van der Waals surface area contributed by atoms with Crippen molar-refractivity contribution in [3.63, 3.8) is 0 Å². The van der Waals surface area contributed by atoms with Crippen molar-refractivity contribution in [2.75, 3.05) is 26.6 Å². The molecule has 4 heterocycles. The van der Waals surface area contributed by atoms with Gasteiger partial charge >= 0.3 is 11.9 Å². The summed E-state index contributed by atoms with van der Waals surface area (Å²) in [6, 6.07) is 5.34. The van der Waals surface area contributed by atoms with Crippen LogP contribution in [0, 0.1) is 5.41 Å². The van der Waals surface area contributed by atoms with Gasteiger partial charge in [-0.3, -0.25) is 19.2 Å². The predicted octanol–water partition coefficient (Wildman–Crippen LogP) is -1.34. The van der Waals surface area contributed by atoms with Crippen LogP contribution in [0.25, 0.3) is 6.08 Å². The van der Waals surface area contributed by atoms with E-state index in [4.69, 9.17) is 33.3 Å². The van der Waals surface area contributed by atoms with Gasteiger partial charge in [-0.25, -0.2) is 0 Å². The third kappa shape index (κ3) is 7.76. The number of benzene rings is 1. The fourth-order valence-corrected chi connectivity index (χ4v) is 7.56. The molecule has 17 nitrogen and oxygen atoms in total. The van der Waals surface area contributed by atoms with Crippen molar-refractivity contribution in [3.05, 3.63) is 41.5 Å². The summed E-state index contributed by atoms with van der Waals surface area (Å²) in [6.45, 7) is 4.22. The third-order valence-electron chi connectivity index (χ3n) is 9.97. The van der Waals surface area contributed by atoms with E-state index in [9.17, 15) is 39.9 Å². The van der Waals surface area contributed by atoms with Crippen LogP contribution >= 0.6 is 0 Å². The average molecular weight is 737 g/mol. The molecule has 6 N–H and O–H groups in total. The summed E-state index contributed by atoms with van der Waals surface area (Å²) in [5, 5.41) is 54.0. The molecule has 0 spiro atoms. The molecule has 5 fully saturated rings. The monoisotopic (exact) mass is 736 g/mol. The zero-order valence-corrected chi connectivity index (χ0v) is 29.2. The van der Waals surface area contributed by atoms with Gasteiger partial charge in [0.25, 0.3) is 0 Å². The highest BCUT2D eigenvalue weighted by molar-refractivity contribution is 5.93. The number of hydroxylamine groups is 2. The lowest BCUT2D eigenvalue weighted by atomic mass is 9.62.